The molecule has 0 amide bonds. The minimum atomic E-state index is -1.78. The Morgan fingerprint density at radius 3 is 2.05 bits per heavy atom. The predicted octanol–water partition coefficient (Wildman–Crippen LogP) is 3.28. The molecule has 4 rings (SSSR count). The Balaban J connectivity index is 2.29. The second-order valence-electron chi connectivity index (χ2n) is 5.21. The minimum Gasteiger partial charge on any atom is -0.453 e. The molecule has 3 aromatic rings. The minimum absolute atomic E-state index is 0.380. The van der Waals surface area contributed by atoms with E-state index < -0.39 is 5.79 Å². The van der Waals surface area contributed by atoms with E-state index in [4.69, 9.17) is 4.74 Å². The number of ketones is 1. The number of hydrogen-bond donors (Lipinski definition) is 1. The fraction of sp³-hybridized carbons (Fsp3) is 0.118. The molecule has 0 aromatic heterocycles. The summed E-state index contributed by atoms with van der Waals surface area (Å²) in [5.74, 6) is -1.68. The van der Waals surface area contributed by atoms with Gasteiger partial charge in [0.05, 0.1) is 5.56 Å². The molecule has 0 saturated carbocycles. The van der Waals surface area contributed by atoms with Gasteiger partial charge in [-0.2, -0.15) is 0 Å². The standard InChI is InChI=1S/C17H12O3/c1-17(19)16(18)14-12-8-4-2-6-10(12)11-7-3-5-9-13(11)15(14)20-17/h2-9,19H,1H3. The highest BCUT2D eigenvalue weighted by Gasteiger charge is 2.44. The monoisotopic (exact) mass is 264 g/mol. The molecule has 98 valence electrons. The van der Waals surface area contributed by atoms with Gasteiger partial charge in [-0.05, 0) is 16.2 Å². The summed E-state index contributed by atoms with van der Waals surface area (Å²) in [4.78, 5) is 12.4. The van der Waals surface area contributed by atoms with Crippen LogP contribution in [0.1, 0.15) is 17.3 Å². The molecule has 0 aliphatic carbocycles. The van der Waals surface area contributed by atoms with E-state index in [0.717, 1.165) is 21.5 Å². The van der Waals surface area contributed by atoms with Crippen LogP contribution in [-0.4, -0.2) is 16.7 Å². The highest BCUT2D eigenvalue weighted by Crippen LogP contribution is 2.44. The second-order valence-corrected chi connectivity index (χ2v) is 5.21. The van der Waals surface area contributed by atoms with E-state index in [0.29, 0.717) is 11.3 Å². The molecule has 3 heteroatoms. The van der Waals surface area contributed by atoms with Crippen molar-refractivity contribution in [3.8, 4) is 5.75 Å². The third-order valence-corrected chi connectivity index (χ3v) is 3.83. The summed E-state index contributed by atoms with van der Waals surface area (Å²) in [6.07, 6.45) is 0. The summed E-state index contributed by atoms with van der Waals surface area (Å²) < 4.78 is 5.53. The summed E-state index contributed by atoms with van der Waals surface area (Å²) >= 11 is 0. The molecule has 1 aliphatic heterocycles. The molecule has 0 spiro atoms. The Morgan fingerprint density at radius 2 is 1.40 bits per heavy atom. The van der Waals surface area contributed by atoms with Crippen LogP contribution in [0.4, 0.5) is 0 Å². The van der Waals surface area contributed by atoms with Gasteiger partial charge < -0.3 is 9.84 Å². The molecule has 0 bridgehead atoms. The van der Waals surface area contributed by atoms with Crippen molar-refractivity contribution in [2.45, 2.75) is 12.7 Å². The number of rotatable bonds is 0. The molecule has 1 unspecified atom stereocenters. The van der Waals surface area contributed by atoms with Gasteiger partial charge in [0, 0.05) is 12.3 Å². The highest BCUT2D eigenvalue weighted by atomic mass is 16.6. The predicted molar refractivity (Wildman–Crippen MR) is 77.0 cm³/mol. The molecular formula is C17H12O3. The van der Waals surface area contributed by atoms with Gasteiger partial charge in [-0.1, -0.05) is 48.5 Å². The van der Waals surface area contributed by atoms with Crippen LogP contribution in [0.15, 0.2) is 48.5 Å². The van der Waals surface area contributed by atoms with Crippen LogP contribution in [0.2, 0.25) is 0 Å². The van der Waals surface area contributed by atoms with Crippen molar-refractivity contribution in [1.82, 2.24) is 0 Å². The van der Waals surface area contributed by atoms with E-state index in [1.54, 1.807) is 0 Å². The van der Waals surface area contributed by atoms with Crippen LogP contribution in [0.25, 0.3) is 21.5 Å². The van der Waals surface area contributed by atoms with Crippen molar-refractivity contribution < 1.29 is 14.6 Å². The number of fused-ring (bicyclic) bond motifs is 6. The molecular weight excluding hydrogens is 252 g/mol. The second kappa shape index (κ2) is 3.58. The zero-order chi connectivity index (χ0) is 13.9. The Hall–Kier alpha value is -2.39. The Morgan fingerprint density at radius 1 is 0.900 bits per heavy atom. The first-order valence-electron chi connectivity index (χ1n) is 6.49. The van der Waals surface area contributed by atoms with Crippen LogP contribution in [0.3, 0.4) is 0 Å². The number of hydrogen-bond acceptors (Lipinski definition) is 3. The smallest absolute Gasteiger partial charge is 0.270 e. The molecule has 3 aromatic carbocycles. The number of aliphatic hydroxyl groups is 1. The summed E-state index contributed by atoms with van der Waals surface area (Å²) in [5, 5.41) is 13.8. The first-order valence-corrected chi connectivity index (χ1v) is 6.49. The van der Waals surface area contributed by atoms with Crippen LogP contribution < -0.4 is 4.74 Å². The van der Waals surface area contributed by atoms with Crippen LogP contribution in [-0.2, 0) is 0 Å². The summed E-state index contributed by atoms with van der Waals surface area (Å²) in [6.45, 7) is 1.39. The molecule has 1 N–H and O–H groups in total. The first kappa shape index (κ1) is 11.4. The van der Waals surface area contributed by atoms with Gasteiger partial charge in [-0.3, -0.25) is 4.79 Å². The number of carbonyl (C=O) groups excluding carboxylic acids is 1. The highest BCUT2D eigenvalue weighted by molar-refractivity contribution is 6.24. The number of carbonyl (C=O) groups is 1. The van der Waals surface area contributed by atoms with Crippen molar-refractivity contribution in [1.29, 1.82) is 0 Å². The number of ether oxygens (including phenoxy) is 1. The van der Waals surface area contributed by atoms with Gasteiger partial charge >= 0.3 is 0 Å². The lowest BCUT2D eigenvalue weighted by Gasteiger charge is -2.14. The third-order valence-electron chi connectivity index (χ3n) is 3.83. The third kappa shape index (κ3) is 1.30. The van der Waals surface area contributed by atoms with Gasteiger partial charge in [-0.25, -0.2) is 0 Å². The Bertz CT molecular complexity index is 878. The van der Waals surface area contributed by atoms with Gasteiger partial charge in [-0.15, -0.1) is 0 Å². The Kier molecular flexibility index (Phi) is 2.05. The lowest BCUT2D eigenvalue weighted by Crippen LogP contribution is -2.35. The molecule has 1 aliphatic rings. The molecule has 0 fully saturated rings. The lowest BCUT2D eigenvalue weighted by atomic mass is 9.94. The summed E-state index contributed by atoms with van der Waals surface area (Å²) in [5.41, 5.74) is 0.476. The van der Waals surface area contributed by atoms with Gasteiger partial charge in [0.2, 0.25) is 5.78 Å². The molecule has 20 heavy (non-hydrogen) atoms. The topological polar surface area (TPSA) is 46.5 Å². The van der Waals surface area contributed by atoms with Crippen molar-refractivity contribution >= 4 is 27.3 Å². The van der Waals surface area contributed by atoms with E-state index in [9.17, 15) is 9.90 Å². The maximum Gasteiger partial charge on any atom is 0.270 e. The van der Waals surface area contributed by atoms with E-state index in [2.05, 4.69) is 0 Å². The van der Waals surface area contributed by atoms with Crippen LogP contribution in [0, 0.1) is 0 Å². The fourth-order valence-corrected chi connectivity index (χ4v) is 2.92. The van der Waals surface area contributed by atoms with Crippen molar-refractivity contribution in [2.24, 2.45) is 0 Å². The maximum absolute atomic E-state index is 12.4. The van der Waals surface area contributed by atoms with E-state index in [1.807, 2.05) is 48.5 Å². The lowest BCUT2D eigenvalue weighted by molar-refractivity contribution is -0.0741. The number of Topliss-reactive ketones (excluding diaryl/α,β-unsaturated/α-hetero) is 1. The van der Waals surface area contributed by atoms with Gasteiger partial charge in [0.15, 0.2) is 0 Å². The molecule has 0 radical (unpaired) electrons. The van der Waals surface area contributed by atoms with Gasteiger partial charge in [0.1, 0.15) is 5.75 Å². The van der Waals surface area contributed by atoms with Crippen LogP contribution in [0.5, 0.6) is 5.75 Å². The normalized spacial score (nSPS) is 21.2. The van der Waals surface area contributed by atoms with Crippen molar-refractivity contribution in [3.63, 3.8) is 0 Å². The quantitative estimate of drug-likeness (QED) is 0.634. The zero-order valence-corrected chi connectivity index (χ0v) is 10.9. The average molecular weight is 264 g/mol. The molecule has 0 saturated heterocycles. The summed E-state index contributed by atoms with van der Waals surface area (Å²) in [7, 11) is 0. The van der Waals surface area contributed by atoms with Gasteiger partial charge in [0.25, 0.3) is 5.79 Å². The van der Waals surface area contributed by atoms with Crippen molar-refractivity contribution in [2.75, 3.05) is 0 Å². The summed E-state index contributed by atoms with van der Waals surface area (Å²) in [6, 6.07) is 15.5. The molecule has 3 nitrogen and oxygen atoms in total. The molecule has 1 heterocycles. The van der Waals surface area contributed by atoms with E-state index in [1.165, 1.54) is 6.92 Å². The number of benzene rings is 3. The zero-order valence-electron chi connectivity index (χ0n) is 10.9. The van der Waals surface area contributed by atoms with Crippen molar-refractivity contribution in [3.05, 3.63) is 54.1 Å². The maximum atomic E-state index is 12.4. The van der Waals surface area contributed by atoms with E-state index >= 15 is 0 Å². The molecule has 1 atom stereocenters. The largest absolute Gasteiger partial charge is 0.453 e. The fourth-order valence-electron chi connectivity index (χ4n) is 2.92. The average Bonchev–Trinajstić information content (AvgIpc) is 2.70. The van der Waals surface area contributed by atoms with E-state index in [-0.39, 0.29) is 5.78 Å². The SMILES string of the molecule is CC1(O)Oc2c(c3ccccc3c3ccccc23)C1=O. The Labute approximate surface area is 115 Å². The van der Waals surface area contributed by atoms with Crippen LogP contribution >= 0.6 is 0 Å². The first-order chi connectivity index (χ1) is 9.59.